The first-order valence-electron chi connectivity index (χ1n) is 6.96. The first-order valence-corrected chi connectivity index (χ1v) is 7.34. The molecule has 1 aromatic heterocycles. The minimum atomic E-state index is -0.260. The van der Waals surface area contributed by atoms with Crippen molar-refractivity contribution in [3.8, 4) is 0 Å². The van der Waals surface area contributed by atoms with Gasteiger partial charge in [0.05, 0.1) is 12.7 Å². The third kappa shape index (κ3) is 4.29. The zero-order valence-corrected chi connectivity index (χ0v) is 13.6. The van der Waals surface area contributed by atoms with Gasteiger partial charge in [-0.3, -0.25) is 4.68 Å². The van der Waals surface area contributed by atoms with Gasteiger partial charge in [0.15, 0.2) is 0 Å². The van der Waals surface area contributed by atoms with Crippen molar-refractivity contribution in [3.63, 3.8) is 0 Å². The summed E-state index contributed by atoms with van der Waals surface area (Å²) < 4.78 is 15.6. The molecule has 0 atom stereocenters. The minimum Gasteiger partial charge on any atom is -0.308 e. The molecule has 114 valence electrons. The Morgan fingerprint density at radius 3 is 2.67 bits per heavy atom. The molecule has 1 N–H and O–H groups in total. The lowest BCUT2D eigenvalue weighted by Gasteiger charge is -2.20. The van der Waals surface area contributed by atoms with E-state index >= 15 is 0 Å². The van der Waals surface area contributed by atoms with Crippen molar-refractivity contribution in [1.82, 2.24) is 15.1 Å². The van der Waals surface area contributed by atoms with E-state index in [2.05, 4.69) is 31.2 Å². The standard InChI is InChI=1S/C16H21ClFN3/c1-11-13(8-19-16(2,3)4)9-20-21(11)10-12-7-14(17)5-6-15(12)18/h5-7,9,19H,8,10H2,1-4H3. The summed E-state index contributed by atoms with van der Waals surface area (Å²) in [7, 11) is 0. The van der Waals surface area contributed by atoms with Gasteiger partial charge in [-0.05, 0) is 45.9 Å². The molecule has 0 aliphatic rings. The number of aromatic nitrogens is 2. The molecule has 1 heterocycles. The van der Waals surface area contributed by atoms with Crippen molar-refractivity contribution in [2.24, 2.45) is 0 Å². The predicted molar refractivity (Wildman–Crippen MR) is 84.1 cm³/mol. The Bertz CT molecular complexity index is 629. The number of nitrogens with one attached hydrogen (secondary N) is 1. The second-order valence-electron chi connectivity index (χ2n) is 6.25. The van der Waals surface area contributed by atoms with E-state index in [1.807, 2.05) is 13.1 Å². The number of benzene rings is 1. The lowest BCUT2D eigenvalue weighted by atomic mass is 10.1. The van der Waals surface area contributed by atoms with E-state index in [0.717, 1.165) is 17.8 Å². The Labute approximate surface area is 130 Å². The molecule has 0 radical (unpaired) electrons. The third-order valence-corrected chi connectivity index (χ3v) is 3.58. The largest absolute Gasteiger partial charge is 0.308 e. The normalized spacial score (nSPS) is 11.9. The molecule has 0 saturated carbocycles. The fraction of sp³-hybridized carbons (Fsp3) is 0.438. The van der Waals surface area contributed by atoms with Crippen LogP contribution in [0.15, 0.2) is 24.4 Å². The number of hydrogen-bond acceptors (Lipinski definition) is 2. The first kappa shape index (κ1) is 16.0. The zero-order chi connectivity index (χ0) is 15.6. The van der Waals surface area contributed by atoms with Crippen LogP contribution in [0.3, 0.4) is 0 Å². The van der Waals surface area contributed by atoms with Gasteiger partial charge in [-0.2, -0.15) is 5.10 Å². The van der Waals surface area contributed by atoms with Crippen molar-refractivity contribution in [2.75, 3.05) is 0 Å². The van der Waals surface area contributed by atoms with E-state index in [1.165, 1.54) is 6.07 Å². The average molecular weight is 310 g/mol. The summed E-state index contributed by atoms with van der Waals surface area (Å²) in [6, 6.07) is 4.58. The highest BCUT2D eigenvalue weighted by molar-refractivity contribution is 6.30. The second-order valence-corrected chi connectivity index (χ2v) is 6.69. The summed E-state index contributed by atoms with van der Waals surface area (Å²) in [4.78, 5) is 0. The molecule has 3 nitrogen and oxygen atoms in total. The number of hydrogen-bond donors (Lipinski definition) is 1. The molecule has 1 aromatic carbocycles. The number of halogens is 2. The van der Waals surface area contributed by atoms with E-state index in [0.29, 0.717) is 17.1 Å². The fourth-order valence-electron chi connectivity index (χ4n) is 2.00. The van der Waals surface area contributed by atoms with Crippen LogP contribution in [0.1, 0.15) is 37.6 Å². The van der Waals surface area contributed by atoms with Crippen molar-refractivity contribution in [3.05, 3.63) is 52.1 Å². The summed E-state index contributed by atoms with van der Waals surface area (Å²) in [5, 5.41) is 8.31. The number of rotatable bonds is 4. The van der Waals surface area contributed by atoms with Gasteiger partial charge in [-0.25, -0.2) is 4.39 Å². The van der Waals surface area contributed by atoms with Crippen LogP contribution in [-0.4, -0.2) is 15.3 Å². The van der Waals surface area contributed by atoms with Crippen LogP contribution >= 0.6 is 11.6 Å². The third-order valence-electron chi connectivity index (χ3n) is 3.34. The highest BCUT2D eigenvalue weighted by Gasteiger charge is 2.13. The predicted octanol–water partition coefficient (Wildman–Crippen LogP) is 3.92. The Morgan fingerprint density at radius 2 is 2.00 bits per heavy atom. The zero-order valence-electron chi connectivity index (χ0n) is 12.9. The second kappa shape index (κ2) is 6.16. The Balaban J connectivity index is 2.15. The van der Waals surface area contributed by atoms with Crippen molar-refractivity contribution in [1.29, 1.82) is 0 Å². The molecule has 2 aromatic rings. The molecule has 0 unspecified atom stereocenters. The summed E-state index contributed by atoms with van der Waals surface area (Å²) in [5.41, 5.74) is 2.75. The van der Waals surface area contributed by atoms with Gasteiger partial charge in [0.25, 0.3) is 0 Å². The van der Waals surface area contributed by atoms with Gasteiger partial charge >= 0.3 is 0 Å². The summed E-state index contributed by atoms with van der Waals surface area (Å²) >= 11 is 5.92. The van der Waals surface area contributed by atoms with Gasteiger partial charge in [-0.15, -0.1) is 0 Å². The summed E-state index contributed by atoms with van der Waals surface area (Å²) in [6.45, 7) is 9.48. The summed E-state index contributed by atoms with van der Waals surface area (Å²) in [5.74, 6) is -0.260. The van der Waals surface area contributed by atoms with Gasteiger partial charge in [0.1, 0.15) is 5.82 Å². The molecular weight excluding hydrogens is 289 g/mol. The topological polar surface area (TPSA) is 29.9 Å². The van der Waals surface area contributed by atoms with E-state index in [9.17, 15) is 4.39 Å². The van der Waals surface area contributed by atoms with Gasteiger partial charge in [-0.1, -0.05) is 11.6 Å². The average Bonchev–Trinajstić information content (AvgIpc) is 2.72. The smallest absolute Gasteiger partial charge is 0.128 e. The van der Waals surface area contributed by atoms with Crippen molar-refractivity contribution < 1.29 is 4.39 Å². The van der Waals surface area contributed by atoms with Crippen LogP contribution in [-0.2, 0) is 13.1 Å². The van der Waals surface area contributed by atoms with Crippen molar-refractivity contribution in [2.45, 2.75) is 46.3 Å². The molecular formula is C16H21ClFN3. The molecule has 0 aliphatic heterocycles. The highest BCUT2D eigenvalue weighted by Crippen LogP contribution is 2.17. The summed E-state index contributed by atoms with van der Waals surface area (Å²) in [6.07, 6.45) is 1.83. The Hall–Kier alpha value is -1.39. The van der Waals surface area contributed by atoms with E-state index in [1.54, 1.807) is 16.8 Å². The maximum absolute atomic E-state index is 13.8. The molecule has 0 fully saturated rings. The molecule has 0 saturated heterocycles. The highest BCUT2D eigenvalue weighted by atomic mass is 35.5. The molecule has 0 spiro atoms. The maximum atomic E-state index is 13.8. The van der Waals surface area contributed by atoms with Gasteiger partial charge in [0.2, 0.25) is 0 Å². The Morgan fingerprint density at radius 1 is 1.29 bits per heavy atom. The quantitative estimate of drug-likeness (QED) is 0.927. The molecule has 21 heavy (non-hydrogen) atoms. The molecule has 2 rings (SSSR count). The lowest BCUT2D eigenvalue weighted by molar-refractivity contribution is 0.423. The van der Waals surface area contributed by atoms with E-state index in [4.69, 9.17) is 11.6 Å². The van der Waals surface area contributed by atoms with Crippen LogP contribution in [0.5, 0.6) is 0 Å². The Kier molecular flexibility index (Phi) is 4.69. The van der Waals surface area contributed by atoms with Gasteiger partial charge < -0.3 is 5.32 Å². The van der Waals surface area contributed by atoms with Crippen molar-refractivity contribution >= 4 is 11.6 Å². The van der Waals surface area contributed by atoms with Gasteiger partial charge in [0, 0.05) is 33.9 Å². The van der Waals surface area contributed by atoms with Crippen LogP contribution in [0, 0.1) is 12.7 Å². The lowest BCUT2D eigenvalue weighted by Crippen LogP contribution is -2.35. The van der Waals surface area contributed by atoms with E-state index in [-0.39, 0.29) is 11.4 Å². The minimum absolute atomic E-state index is 0.0492. The molecule has 5 heteroatoms. The monoisotopic (exact) mass is 309 g/mol. The maximum Gasteiger partial charge on any atom is 0.128 e. The molecule has 0 aliphatic carbocycles. The van der Waals surface area contributed by atoms with Crippen LogP contribution in [0.4, 0.5) is 4.39 Å². The molecule has 0 bridgehead atoms. The SMILES string of the molecule is Cc1c(CNC(C)(C)C)cnn1Cc1cc(Cl)ccc1F. The first-order chi connectivity index (χ1) is 9.76. The molecule has 0 amide bonds. The van der Waals surface area contributed by atoms with Crippen LogP contribution < -0.4 is 5.32 Å². The fourth-order valence-corrected chi connectivity index (χ4v) is 2.20. The van der Waals surface area contributed by atoms with E-state index < -0.39 is 0 Å². The van der Waals surface area contributed by atoms with Crippen LogP contribution in [0.25, 0.3) is 0 Å². The number of nitrogens with zero attached hydrogens (tertiary/aromatic N) is 2. The van der Waals surface area contributed by atoms with Crippen LogP contribution in [0.2, 0.25) is 5.02 Å².